The molecule has 1 heterocycles. The molecule has 2 aliphatic rings. The van der Waals surface area contributed by atoms with Gasteiger partial charge in [-0.25, -0.2) is 0 Å². The molecule has 3 rings (SSSR count). The van der Waals surface area contributed by atoms with Gasteiger partial charge < -0.3 is 0 Å². The molecule has 1 atom stereocenters. The summed E-state index contributed by atoms with van der Waals surface area (Å²) in [6.07, 6.45) is 3.94. The SMILES string of the molecule is CC1=Cc2c(C)ccc(C)c2C1[Si]1CCC1. The Labute approximate surface area is 100.0 Å². The molecular formula is C15H19Si. The zero-order valence-electron chi connectivity index (χ0n) is 10.4. The summed E-state index contributed by atoms with van der Waals surface area (Å²) < 4.78 is 0. The van der Waals surface area contributed by atoms with E-state index in [9.17, 15) is 0 Å². The highest BCUT2D eigenvalue weighted by Crippen LogP contribution is 2.45. The van der Waals surface area contributed by atoms with Crippen molar-refractivity contribution >= 4 is 14.9 Å². The number of benzene rings is 1. The summed E-state index contributed by atoms with van der Waals surface area (Å²) in [5, 5.41) is 0. The summed E-state index contributed by atoms with van der Waals surface area (Å²) in [4.78, 5) is 0. The van der Waals surface area contributed by atoms with E-state index in [1.54, 1.807) is 16.7 Å². The molecule has 1 aliphatic carbocycles. The molecule has 0 N–H and O–H groups in total. The van der Waals surface area contributed by atoms with Crippen molar-refractivity contribution in [2.45, 2.75) is 44.8 Å². The van der Waals surface area contributed by atoms with Gasteiger partial charge >= 0.3 is 0 Å². The Hall–Kier alpha value is -0.823. The molecular weight excluding hydrogens is 208 g/mol. The second-order valence-electron chi connectivity index (χ2n) is 5.36. The van der Waals surface area contributed by atoms with Crippen LogP contribution >= 0.6 is 0 Å². The average Bonchev–Trinajstić information content (AvgIpc) is 2.50. The molecule has 1 aromatic rings. The average molecular weight is 227 g/mol. The van der Waals surface area contributed by atoms with Crippen LogP contribution in [0.4, 0.5) is 0 Å². The van der Waals surface area contributed by atoms with Crippen LogP contribution < -0.4 is 0 Å². The summed E-state index contributed by atoms with van der Waals surface area (Å²) in [6, 6.07) is 7.66. The van der Waals surface area contributed by atoms with E-state index in [0.29, 0.717) is 0 Å². The molecule has 83 valence electrons. The van der Waals surface area contributed by atoms with Gasteiger partial charge in [0.2, 0.25) is 0 Å². The number of hydrogen-bond acceptors (Lipinski definition) is 0. The van der Waals surface area contributed by atoms with Crippen LogP contribution in [0.5, 0.6) is 0 Å². The maximum Gasteiger partial charge on any atom is 0.0616 e. The number of hydrogen-bond donors (Lipinski definition) is 0. The van der Waals surface area contributed by atoms with Crippen LogP contribution in [0.2, 0.25) is 12.1 Å². The van der Waals surface area contributed by atoms with E-state index < -0.39 is 0 Å². The van der Waals surface area contributed by atoms with Crippen LogP contribution in [0.1, 0.15) is 41.1 Å². The highest BCUT2D eigenvalue weighted by molar-refractivity contribution is 6.64. The summed E-state index contributed by atoms with van der Waals surface area (Å²) >= 11 is 0. The molecule has 0 nitrogen and oxygen atoms in total. The molecule has 1 unspecified atom stereocenters. The first kappa shape index (κ1) is 10.3. The zero-order valence-corrected chi connectivity index (χ0v) is 11.4. The summed E-state index contributed by atoms with van der Waals surface area (Å²) in [7, 11) is -0.0934. The molecule has 1 aromatic carbocycles. The first-order valence-electron chi connectivity index (χ1n) is 6.31. The van der Waals surface area contributed by atoms with Crippen molar-refractivity contribution in [3.05, 3.63) is 40.0 Å². The van der Waals surface area contributed by atoms with Gasteiger partial charge in [0.05, 0.1) is 8.80 Å². The van der Waals surface area contributed by atoms with Crippen LogP contribution in [0, 0.1) is 13.8 Å². The topological polar surface area (TPSA) is 0 Å². The molecule has 0 aromatic heterocycles. The highest BCUT2D eigenvalue weighted by Gasteiger charge is 2.36. The van der Waals surface area contributed by atoms with E-state index in [4.69, 9.17) is 0 Å². The van der Waals surface area contributed by atoms with E-state index in [0.717, 1.165) is 5.54 Å². The second-order valence-corrected chi connectivity index (χ2v) is 8.25. The van der Waals surface area contributed by atoms with Crippen molar-refractivity contribution in [2.75, 3.05) is 0 Å². The van der Waals surface area contributed by atoms with Gasteiger partial charge in [-0.2, -0.15) is 0 Å². The van der Waals surface area contributed by atoms with Gasteiger partial charge in [-0.15, -0.1) is 0 Å². The lowest BCUT2D eigenvalue weighted by molar-refractivity contribution is 0.878. The maximum absolute atomic E-state index is 2.46. The van der Waals surface area contributed by atoms with Crippen LogP contribution in [0.15, 0.2) is 17.7 Å². The van der Waals surface area contributed by atoms with Gasteiger partial charge in [-0.1, -0.05) is 42.3 Å². The largest absolute Gasteiger partial charge is 0.0682 e. The third-order valence-corrected chi connectivity index (χ3v) is 7.80. The fourth-order valence-corrected chi connectivity index (χ4v) is 6.02. The lowest BCUT2D eigenvalue weighted by atomic mass is 9.99. The van der Waals surface area contributed by atoms with Crippen LogP contribution in [-0.4, -0.2) is 8.80 Å². The molecule has 0 bridgehead atoms. The van der Waals surface area contributed by atoms with Crippen molar-refractivity contribution in [1.82, 2.24) is 0 Å². The molecule has 0 amide bonds. The Balaban J connectivity index is 2.13. The Bertz CT molecular complexity index is 467. The van der Waals surface area contributed by atoms with E-state index in [1.165, 1.54) is 29.6 Å². The van der Waals surface area contributed by atoms with Gasteiger partial charge in [0.25, 0.3) is 0 Å². The monoisotopic (exact) mass is 227 g/mol. The summed E-state index contributed by atoms with van der Waals surface area (Å²) in [5.74, 6) is 0. The number of rotatable bonds is 1. The lowest BCUT2D eigenvalue weighted by Crippen LogP contribution is -2.30. The normalized spacial score (nSPS) is 23.9. The predicted octanol–water partition coefficient (Wildman–Crippen LogP) is 4.24. The Morgan fingerprint density at radius 1 is 1.06 bits per heavy atom. The number of aryl methyl sites for hydroxylation is 2. The number of fused-ring (bicyclic) bond motifs is 1. The molecule has 1 heteroatoms. The van der Waals surface area contributed by atoms with Crippen molar-refractivity contribution < 1.29 is 0 Å². The maximum atomic E-state index is 2.46. The smallest absolute Gasteiger partial charge is 0.0616 e. The Kier molecular flexibility index (Phi) is 2.32. The first-order valence-corrected chi connectivity index (χ1v) is 8.30. The second kappa shape index (κ2) is 3.59. The van der Waals surface area contributed by atoms with Crippen LogP contribution in [0.25, 0.3) is 6.08 Å². The minimum atomic E-state index is -0.0934. The fraction of sp³-hybridized carbons (Fsp3) is 0.467. The quantitative estimate of drug-likeness (QED) is 0.629. The van der Waals surface area contributed by atoms with E-state index in [-0.39, 0.29) is 8.80 Å². The highest BCUT2D eigenvalue weighted by atomic mass is 28.3. The zero-order chi connectivity index (χ0) is 11.3. The molecule has 1 aliphatic heterocycles. The molecule has 0 saturated carbocycles. The van der Waals surface area contributed by atoms with Crippen molar-refractivity contribution in [3.63, 3.8) is 0 Å². The third kappa shape index (κ3) is 1.34. The minimum Gasteiger partial charge on any atom is -0.0682 e. The fourth-order valence-electron chi connectivity index (χ4n) is 3.16. The van der Waals surface area contributed by atoms with E-state index >= 15 is 0 Å². The Morgan fingerprint density at radius 3 is 2.38 bits per heavy atom. The molecule has 0 spiro atoms. The summed E-state index contributed by atoms with van der Waals surface area (Å²) in [5.41, 5.74) is 8.69. The number of allylic oxidation sites excluding steroid dienone is 1. The summed E-state index contributed by atoms with van der Waals surface area (Å²) in [6.45, 7) is 6.89. The lowest BCUT2D eigenvalue weighted by Gasteiger charge is -2.32. The molecule has 1 radical (unpaired) electrons. The first-order chi connectivity index (χ1) is 7.68. The standard InChI is InChI=1S/C15H19Si/c1-10-5-6-11(2)14-13(10)9-12(3)15(14)16-7-4-8-16/h5-6,9,15H,4,7-8H2,1-3H3. The Morgan fingerprint density at radius 2 is 1.75 bits per heavy atom. The van der Waals surface area contributed by atoms with Crippen LogP contribution in [-0.2, 0) is 0 Å². The van der Waals surface area contributed by atoms with Gasteiger partial charge in [-0.3, -0.25) is 0 Å². The van der Waals surface area contributed by atoms with Crippen molar-refractivity contribution in [3.8, 4) is 0 Å². The van der Waals surface area contributed by atoms with Gasteiger partial charge in [0, 0.05) is 0 Å². The molecule has 16 heavy (non-hydrogen) atoms. The van der Waals surface area contributed by atoms with Crippen molar-refractivity contribution in [1.29, 1.82) is 0 Å². The van der Waals surface area contributed by atoms with E-state index in [1.807, 2.05) is 0 Å². The van der Waals surface area contributed by atoms with Gasteiger partial charge in [0.1, 0.15) is 0 Å². The van der Waals surface area contributed by atoms with Gasteiger partial charge in [0.15, 0.2) is 0 Å². The molecule has 1 saturated heterocycles. The van der Waals surface area contributed by atoms with Crippen LogP contribution in [0.3, 0.4) is 0 Å². The van der Waals surface area contributed by atoms with Crippen molar-refractivity contribution in [2.24, 2.45) is 0 Å². The molecule has 1 fully saturated rings. The van der Waals surface area contributed by atoms with Gasteiger partial charge in [-0.05, 0) is 48.6 Å². The van der Waals surface area contributed by atoms with E-state index in [2.05, 4.69) is 39.0 Å². The predicted molar refractivity (Wildman–Crippen MR) is 72.3 cm³/mol. The minimum absolute atomic E-state index is 0.0934. The third-order valence-electron chi connectivity index (χ3n) is 4.24.